The molecule has 5 rings (SSSR count). The van der Waals surface area contributed by atoms with Crippen molar-refractivity contribution < 1.29 is 9.52 Å². The molecule has 0 bridgehead atoms. The number of rotatable bonds is 5. The molecule has 2 N–H and O–H groups in total. The summed E-state index contributed by atoms with van der Waals surface area (Å²) in [5.74, 6) is 1.08. The first-order chi connectivity index (χ1) is 14.7. The summed E-state index contributed by atoms with van der Waals surface area (Å²) in [5.41, 5.74) is 2.95. The predicted molar refractivity (Wildman–Crippen MR) is 117 cm³/mol. The van der Waals surface area contributed by atoms with Gasteiger partial charge in [0, 0.05) is 23.8 Å². The fourth-order valence-electron chi connectivity index (χ4n) is 3.95. The Hall–Kier alpha value is -3.58. The Bertz CT molecular complexity index is 1140. The molecule has 4 aromatic rings. The van der Waals surface area contributed by atoms with Crippen molar-refractivity contribution in [3.8, 4) is 11.4 Å². The molecule has 2 atom stereocenters. The predicted octanol–water partition coefficient (Wildman–Crippen LogP) is 4.34. The summed E-state index contributed by atoms with van der Waals surface area (Å²) in [7, 11) is 0. The fraction of sp³-hybridized carbons (Fsp3) is 0.130. The number of nitrogens with zero attached hydrogens (tertiary/aromatic N) is 3. The van der Waals surface area contributed by atoms with Crippen LogP contribution in [-0.4, -0.2) is 24.7 Å². The van der Waals surface area contributed by atoms with Crippen LogP contribution in [0.1, 0.15) is 29.2 Å². The van der Waals surface area contributed by atoms with Gasteiger partial charge in [-0.25, -0.2) is 0 Å². The maximum absolute atomic E-state index is 9.68. The number of phenols is 1. The van der Waals surface area contributed by atoms with E-state index in [1.807, 2.05) is 54.7 Å². The third kappa shape index (κ3) is 3.33. The summed E-state index contributed by atoms with van der Waals surface area (Å²) in [6.45, 7) is 0.549. The summed E-state index contributed by atoms with van der Waals surface area (Å²) in [6.07, 6.45) is 5.49. The highest BCUT2D eigenvalue weighted by molar-refractivity contribution is 7.80. The molecule has 1 aliphatic heterocycles. The molecule has 1 aromatic carbocycles. The van der Waals surface area contributed by atoms with E-state index in [1.165, 1.54) is 0 Å². The van der Waals surface area contributed by atoms with Crippen LogP contribution in [0.3, 0.4) is 0 Å². The van der Waals surface area contributed by atoms with Gasteiger partial charge in [-0.3, -0.25) is 4.98 Å². The summed E-state index contributed by atoms with van der Waals surface area (Å²) >= 11 is 5.72. The SMILES string of the molecule is Oc1ccc(-n2cccc2[C@H]2[C@@H](c3ccccn3)NC(=S)N2Cc2ccco2)cc1. The van der Waals surface area contributed by atoms with E-state index in [0.717, 1.165) is 22.8 Å². The third-order valence-corrected chi connectivity index (χ3v) is 5.67. The molecule has 30 heavy (non-hydrogen) atoms. The minimum atomic E-state index is -0.112. The van der Waals surface area contributed by atoms with Gasteiger partial charge in [0.2, 0.25) is 0 Å². The second kappa shape index (κ2) is 7.68. The maximum atomic E-state index is 9.68. The number of hydrogen-bond acceptors (Lipinski definition) is 4. The summed E-state index contributed by atoms with van der Waals surface area (Å²) < 4.78 is 7.72. The molecule has 0 radical (unpaired) electrons. The number of aromatic hydroxyl groups is 1. The largest absolute Gasteiger partial charge is 0.508 e. The topological polar surface area (TPSA) is 66.5 Å². The number of nitrogens with one attached hydrogen (secondary N) is 1. The highest BCUT2D eigenvalue weighted by Gasteiger charge is 2.41. The van der Waals surface area contributed by atoms with Crippen molar-refractivity contribution >= 4 is 17.3 Å². The lowest BCUT2D eigenvalue weighted by Crippen LogP contribution is -2.29. The van der Waals surface area contributed by atoms with Gasteiger partial charge in [0.15, 0.2) is 5.11 Å². The van der Waals surface area contributed by atoms with E-state index in [2.05, 4.69) is 25.8 Å². The minimum Gasteiger partial charge on any atom is -0.508 e. The van der Waals surface area contributed by atoms with E-state index in [4.69, 9.17) is 16.6 Å². The van der Waals surface area contributed by atoms with Crippen LogP contribution >= 0.6 is 12.2 Å². The highest BCUT2D eigenvalue weighted by Crippen LogP contribution is 2.40. The van der Waals surface area contributed by atoms with Crippen LogP contribution in [-0.2, 0) is 6.54 Å². The Labute approximate surface area is 179 Å². The molecule has 0 aliphatic carbocycles. The standard InChI is InChI=1S/C23H20N4O2S/c28-17-10-8-16(9-11-17)26-13-3-7-20(26)22-21(19-6-1-2-12-24-19)25-23(30)27(22)15-18-5-4-14-29-18/h1-14,21-22,28H,15H2,(H,25,30)/t21-,22+/m1/s1. The first-order valence-corrected chi connectivity index (χ1v) is 10.1. The molecule has 6 nitrogen and oxygen atoms in total. The average molecular weight is 417 g/mol. The summed E-state index contributed by atoms with van der Waals surface area (Å²) in [4.78, 5) is 6.72. The van der Waals surface area contributed by atoms with Gasteiger partial charge in [0.05, 0.1) is 30.6 Å². The van der Waals surface area contributed by atoms with Crippen molar-refractivity contribution in [1.82, 2.24) is 19.8 Å². The number of pyridine rings is 1. The Morgan fingerprint density at radius 2 is 1.90 bits per heavy atom. The third-order valence-electron chi connectivity index (χ3n) is 5.32. The van der Waals surface area contributed by atoms with Crippen molar-refractivity contribution in [3.05, 3.63) is 103 Å². The van der Waals surface area contributed by atoms with Crippen LogP contribution in [0.2, 0.25) is 0 Å². The van der Waals surface area contributed by atoms with Crippen LogP contribution < -0.4 is 5.32 Å². The minimum absolute atomic E-state index is 0.0960. The Morgan fingerprint density at radius 1 is 1.03 bits per heavy atom. The van der Waals surface area contributed by atoms with Gasteiger partial charge in [-0.2, -0.15) is 0 Å². The first kappa shape index (κ1) is 18.4. The molecule has 0 saturated carbocycles. The van der Waals surface area contributed by atoms with Crippen molar-refractivity contribution in [2.75, 3.05) is 0 Å². The molecule has 0 amide bonds. The molecule has 0 spiro atoms. The van der Waals surface area contributed by atoms with Gasteiger partial charge in [-0.15, -0.1) is 0 Å². The Kier molecular flexibility index (Phi) is 4.72. The fourth-order valence-corrected chi connectivity index (χ4v) is 4.26. The van der Waals surface area contributed by atoms with Gasteiger partial charge >= 0.3 is 0 Å². The van der Waals surface area contributed by atoms with E-state index >= 15 is 0 Å². The van der Waals surface area contributed by atoms with E-state index in [0.29, 0.717) is 11.7 Å². The molecule has 1 saturated heterocycles. The molecule has 150 valence electrons. The molecule has 1 aliphatic rings. The highest BCUT2D eigenvalue weighted by atomic mass is 32.1. The molecule has 7 heteroatoms. The second-order valence-electron chi connectivity index (χ2n) is 7.15. The first-order valence-electron chi connectivity index (χ1n) is 9.68. The molecule has 4 heterocycles. The van der Waals surface area contributed by atoms with Gasteiger partial charge in [-0.1, -0.05) is 6.07 Å². The van der Waals surface area contributed by atoms with E-state index in [9.17, 15) is 5.11 Å². The lowest BCUT2D eigenvalue weighted by molar-refractivity contribution is 0.280. The molecular weight excluding hydrogens is 396 g/mol. The van der Waals surface area contributed by atoms with E-state index < -0.39 is 0 Å². The van der Waals surface area contributed by atoms with Crippen LogP contribution in [0.4, 0.5) is 0 Å². The molecular formula is C23H20N4O2S. The number of furan rings is 1. The Balaban J connectivity index is 1.60. The van der Waals surface area contributed by atoms with Crippen molar-refractivity contribution in [2.24, 2.45) is 0 Å². The lowest BCUT2D eigenvalue weighted by Gasteiger charge is -2.28. The molecule has 0 unspecified atom stereocenters. The van der Waals surface area contributed by atoms with Crippen LogP contribution in [0.5, 0.6) is 5.75 Å². The van der Waals surface area contributed by atoms with Crippen molar-refractivity contribution in [1.29, 1.82) is 0 Å². The van der Waals surface area contributed by atoms with Gasteiger partial charge in [0.25, 0.3) is 0 Å². The van der Waals surface area contributed by atoms with Crippen LogP contribution in [0.15, 0.2) is 89.8 Å². The average Bonchev–Trinajstić information content (AvgIpc) is 3.51. The number of thiocarbonyl (C=S) groups is 1. The summed E-state index contributed by atoms with van der Waals surface area (Å²) in [5, 5.41) is 13.8. The van der Waals surface area contributed by atoms with E-state index in [1.54, 1.807) is 24.6 Å². The van der Waals surface area contributed by atoms with Crippen LogP contribution in [0.25, 0.3) is 5.69 Å². The van der Waals surface area contributed by atoms with Gasteiger partial charge < -0.3 is 24.3 Å². The molecule has 1 fully saturated rings. The Morgan fingerprint density at radius 3 is 2.63 bits per heavy atom. The van der Waals surface area contributed by atoms with Gasteiger partial charge in [-0.05, 0) is 72.9 Å². The van der Waals surface area contributed by atoms with E-state index in [-0.39, 0.29) is 17.8 Å². The quantitative estimate of drug-likeness (QED) is 0.472. The normalized spacial score (nSPS) is 18.5. The van der Waals surface area contributed by atoms with Crippen LogP contribution in [0, 0.1) is 0 Å². The van der Waals surface area contributed by atoms with Crippen molar-refractivity contribution in [3.63, 3.8) is 0 Å². The number of aromatic nitrogens is 2. The zero-order valence-electron chi connectivity index (χ0n) is 16.1. The zero-order valence-corrected chi connectivity index (χ0v) is 16.9. The molecule has 3 aromatic heterocycles. The monoisotopic (exact) mass is 416 g/mol. The summed E-state index contributed by atoms with van der Waals surface area (Å²) in [6, 6.07) is 20.8. The smallest absolute Gasteiger partial charge is 0.170 e. The lowest BCUT2D eigenvalue weighted by atomic mass is 10.0. The van der Waals surface area contributed by atoms with Crippen molar-refractivity contribution in [2.45, 2.75) is 18.6 Å². The van der Waals surface area contributed by atoms with Gasteiger partial charge in [0.1, 0.15) is 11.5 Å². The number of hydrogen-bond donors (Lipinski definition) is 2. The zero-order chi connectivity index (χ0) is 20.5. The second-order valence-corrected chi connectivity index (χ2v) is 7.54. The maximum Gasteiger partial charge on any atom is 0.170 e. The number of phenolic OH excluding ortho intramolecular Hbond substituents is 1. The number of benzene rings is 1.